The average Bonchev–Trinajstić information content (AvgIpc) is 3.03. The zero-order valence-electron chi connectivity index (χ0n) is 13.3. The molecular weight excluding hydrogens is 308 g/mol. The number of hydrogen-bond acceptors (Lipinski definition) is 5. The smallest absolute Gasteiger partial charge is 0.241 e. The van der Waals surface area contributed by atoms with Crippen LogP contribution >= 0.6 is 0 Å². The molecule has 8 heteroatoms. The first-order valence-electron chi connectivity index (χ1n) is 8.10. The number of hydrogen-bond donors (Lipinski definition) is 2. The van der Waals surface area contributed by atoms with E-state index in [2.05, 4.69) is 20.7 Å². The lowest BCUT2D eigenvalue weighted by molar-refractivity contribution is -0.121. The van der Waals surface area contributed by atoms with Crippen LogP contribution < -0.4 is 11.1 Å². The Bertz CT molecular complexity index is 736. The molecule has 1 aliphatic rings. The maximum atomic E-state index is 12.5. The number of nitrogens with one attached hydrogen (secondary N) is 1. The van der Waals surface area contributed by atoms with E-state index in [-0.39, 0.29) is 18.4 Å². The van der Waals surface area contributed by atoms with Crippen LogP contribution in [0.15, 0.2) is 24.3 Å². The monoisotopic (exact) mass is 328 g/mol. The molecule has 0 atom stereocenters. The molecular formula is C16H20N6O2. The van der Waals surface area contributed by atoms with Gasteiger partial charge in [-0.15, -0.1) is 10.2 Å². The van der Waals surface area contributed by atoms with Gasteiger partial charge in [0.15, 0.2) is 0 Å². The summed E-state index contributed by atoms with van der Waals surface area (Å²) in [6.45, 7) is -0.135. The minimum absolute atomic E-state index is 0.0340. The van der Waals surface area contributed by atoms with Crippen molar-refractivity contribution in [2.24, 2.45) is 11.7 Å². The summed E-state index contributed by atoms with van der Waals surface area (Å²) >= 11 is 0. The Labute approximate surface area is 139 Å². The zero-order chi connectivity index (χ0) is 16.9. The van der Waals surface area contributed by atoms with E-state index in [9.17, 15) is 9.59 Å². The number of amides is 2. The molecule has 0 saturated heterocycles. The minimum atomic E-state index is -0.544. The van der Waals surface area contributed by atoms with Crippen LogP contribution in [-0.4, -0.2) is 32.0 Å². The topological polar surface area (TPSA) is 116 Å². The van der Waals surface area contributed by atoms with Gasteiger partial charge in [0, 0.05) is 11.5 Å². The lowest BCUT2D eigenvalue weighted by atomic mass is 9.88. The van der Waals surface area contributed by atoms with Crippen LogP contribution in [0.2, 0.25) is 0 Å². The van der Waals surface area contributed by atoms with Crippen molar-refractivity contribution >= 4 is 17.5 Å². The molecule has 2 aromatic rings. The van der Waals surface area contributed by atoms with Crippen molar-refractivity contribution in [3.63, 3.8) is 0 Å². The normalized spacial score (nSPS) is 15.2. The number of carbonyl (C=O) groups excluding carboxylic acids is 2. The van der Waals surface area contributed by atoms with Gasteiger partial charge < -0.3 is 11.1 Å². The predicted molar refractivity (Wildman–Crippen MR) is 87.7 cm³/mol. The van der Waals surface area contributed by atoms with Gasteiger partial charge in [-0.2, -0.15) is 4.80 Å². The third kappa shape index (κ3) is 3.76. The fourth-order valence-electron chi connectivity index (χ4n) is 2.94. The fourth-order valence-corrected chi connectivity index (χ4v) is 2.94. The Balaban J connectivity index is 1.78. The third-order valence-corrected chi connectivity index (χ3v) is 4.15. The number of nitrogens with zero attached hydrogens (tertiary/aromatic N) is 4. The SMILES string of the molecule is NC(=O)Cn1nnc(-c2ccccc2NC(=O)C2CCCCC2)n1. The number of tetrazole rings is 1. The van der Waals surface area contributed by atoms with Gasteiger partial charge in [0.1, 0.15) is 6.54 Å². The number of primary amides is 1. The Morgan fingerprint density at radius 2 is 1.96 bits per heavy atom. The number of rotatable bonds is 5. The van der Waals surface area contributed by atoms with Crippen molar-refractivity contribution in [2.75, 3.05) is 5.32 Å². The zero-order valence-corrected chi connectivity index (χ0v) is 13.3. The molecule has 3 rings (SSSR count). The van der Waals surface area contributed by atoms with Gasteiger partial charge in [0.05, 0.1) is 5.69 Å². The second kappa shape index (κ2) is 7.20. The Hall–Kier alpha value is -2.77. The van der Waals surface area contributed by atoms with Gasteiger partial charge in [0.2, 0.25) is 17.6 Å². The van der Waals surface area contributed by atoms with Gasteiger partial charge in [-0.1, -0.05) is 31.4 Å². The van der Waals surface area contributed by atoms with E-state index < -0.39 is 5.91 Å². The number of nitrogens with two attached hydrogens (primary N) is 1. The summed E-state index contributed by atoms with van der Waals surface area (Å²) in [5.41, 5.74) is 6.44. The molecule has 1 saturated carbocycles. The standard InChI is InChI=1S/C16H20N6O2/c17-14(23)10-22-20-15(19-21-22)12-8-4-5-9-13(12)18-16(24)11-6-2-1-3-7-11/h4-5,8-9,11H,1-3,6-7,10H2,(H2,17,23)(H,18,24). The molecule has 0 spiro atoms. The summed E-state index contributed by atoms with van der Waals surface area (Å²) in [5.74, 6) is -0.106. The lowest BCUT2D eigenvalue weighted by Crippen LogP contribution is -2.25. The molecule has 0 unspecified atom stereocenters. The highest BCUT2D eigenvalue weighted by Gasteiger charge is 2.22. The molecule has 0 aliphatic heterocycles. The Kier molecular flexibility index (Phi) is 4.83. The Morgan fingerprint density at radius 1 is 1.21 bits per heavy atom. The first-order valence-corrected chi connectivity index (χ1v) is 8.10. The molecule has 1 aromatic carbocycles. The fraction of sp³-hybridized carbons (Fsp3) is 0.438. The average molecular weight is 328 g/mol. The maximum Gasteiger partial charge on any atom is 0.241 e. The summed E-state index contributed by atoms with van der Waals surface area (Å²) in [7, 11) is 0. The van der Waals surface area contributed by atoms with Gasteiger partial charge in [-0.25, -0.2) is 0 Å². The van der Waals surface area contributed by atoms with E-state index in [1.807, 2.05) is 24.3 Å². The van der Waals surface area contributed by atoms with Crippen LogP contribution in [0.1, 0.15) is 32.1 Å². The Morgan fingerprint density at radius 3 is 2.71 bits per heavy atom. The largest absolute Gasteiger partial charge is 0.368 e. The molecule has 1 heterocycles. The third-order valence-electron chi connectivity index (χ3n) is 4.15. The van der Waals surface area contributed by atoms with E-state index in [1.54, 1.807) is 0 Å². The lowest BCUT2D eigenvalue weighted by Gasteiger charge is -2.21. The quantitative estimate of drug-likeness (QED) is 0.859. The number of aromatic nitrogens is 4. The van der Waals surface area contributed by atoms with Crippen LogP contribution in [0.25, 0.3) is 11.4 Å². The van der Waals surface area contributed by atoms with E-state index in [1.165, 1.54) is 6.42 Å². The van der Waals surface area contributed by atoms with Crippen LogP contribution in [-0.2, 0) is 16.1 Å². The number of carbonyl (C=O) groups is 2. The number of para-hydroxylation sites is 1. The molecule has 3 N–H and O–H groups in total. The summed E-state index contributed by atoms with van der Waals surface area (Å²) in [6, 6.07) is 7.29. The molecule has 1 fully saturated rings. The van der Waals surface area contributed by atoms with Crippen molar-refractivity contribution in [2.45, 2.75) is 38.6 Å². The highest BCUT2D eigenvalue weighted by Crippen LogP contribution is 2.28. The summed E-state index contributed by atoms with van der Waals surface area (Å²) in [5, 5.41) is 14.9. The molecule has 1 aliphatic carbocycles. The summed E-state index contributed by atoms with van der Waals surface area (Å²) in [4.78, 5) is 24.5. The van der Waals surface area contributed by atoms with Gasteiger partial charge >= 0.3 is 0 Å². The summed E-state index contributed by atoms with van der Waals surface area (Å²) in [6.07, 6.45) is 5.26. The van der Waals surface area contributed by atoms with Crippen molar-refractivity contribution in [1.29, 1.82) is 0 Å². The highest BCUT2D eigenvalue weighted by molar-refractivity contribution is 5.96. The van der Waals surface area contributed by atoms with Crippen LogP contribution in [0.5, 0.6) is 0 Å². The molecule has 8 nitrogen and oxygen atoms in total. The van der Waals surface area contributed by atoms with Crippen LogP contribution in [0, 0.1) is 5.92 Å². The van der Waals surface area contributed by atoms with Crippen LogP contribution in [0.4, 0.5) is 5.69 Å². The molecule has 24 heavy (non-hydrogen) atoms. The van der Waals surface area contributed by atoms with Gasteiger partial charge in [0.25, 0.3) is 0 Å². The van der Waals surface area contributed by atoms with Crippen molar-refractivity contribution in [1.82, 2.24) is 20.2 Å². The molecule has 0 radical (unpaired) electrons. The van der Waals surface area contributed by atoms with Crippen LogP contribution in [0.3, 0.4) is 0 Å². The van der Waals surface area contributed by atoms with Crippen molar-refractivity contribution < 1.29 is 9.59 Å². The molecule has 0 bridgehead atoms. The molecule has 1 aromatic heterocycles. The van der Waals surface area contributed by atoms with E-state index in [0.29, 0.717) is 17.1 Å². The number of anilines is 1. The van der Waals surface area contributed by atoms with Gasteiger partial charge in [-0.3, -0.25) is 9.59 Å². The predicted octanol–water partition coefficient (Wildman–Crippen LogP) is 1.34. The van der Waals surface area contributed by atoms with E-state index in [4.69, 9.17) is 5.73 Å². The van der Waals surface area contributed by atoms with Gasteiger partial charge in [-0.05, 0) is 30.2 Å². The second-order valence-electron chi connectivity index (χ2n) is 5.98. The van der Waals surface area contributed by atoms with E-state index >= 15 is 0 Å². The maximum absolute atomic E-state index is 12.5. The molecule has 2 amide bonds. The van der Waals surface area contributed by atoms with Crippen molar-refractivity contribution in [3.05, 3.63) is 24.3 Å². The highest BCUT2D eigenvalue weighted by atomic mass is 16.2. The number of benzene rings is 1. The molecule has 126 valence electrons. The minimum Gasteiger partial charge on any atom is -0.368 e. The second-order valence-corrected chi connectivity index (χ2v) is 5.98. The van der Waals surface area contributed by atoms with E-state index in [0.717, 1.165) is 30.5 Å². The first kappa shape index (κ1) is 16.1. The first-order chi connectivity index (χ1) is 11.6. The summed E-state index contributed by atoms with van der Waals surface area (Å²) < 4.78 is 0. The van der Waals surface area contributed by atoms with Crippen molar-refractivity contribution in [3.8, 4) is 11.4 Å².